The van der Waals surface area contributed by atoms with Crippen molar-refractivity contribution in [2.75, 3.05) is 5.75 Å². The SMILES string of the molecule is Clc1ccc2c(c1)C(NCc1ccc(Cl)c(Br)c1)CCS2. The Hall–Kier alpha value is -0.190. The fourth-order valence-electron chi connectivity index (χ4n) is 2.47. The van der Waals surface area contributed by atoms with Crippen molar-refractivity contribution in [3.63, 3.8) is 0 Å². The van der Waals surface area contributed by atoms with Crippen molar-refractivity contribution in [1.29, 1.82) is 0 Å². The third-order valence-corrected chi connectivity index (χ3v) is 6.12. The molecule has 0 saturated carbocycles. The molecular formula is C16H14BrCl2NS. The molecule has 110 valence electrons. The third kappa shape index (κ3) is 3.77. The Kier molecular flexibility index (Phi) is 5.18. The van der Waals surface area contributed by atoms with Gasteiger partial charge in [0.05, 0.1) is 5.02 Å². The second-order valence-electron chi connectivity index (χ2n) is 5.00. The summed E-state index contributed by atoms with van der Waals surface area (Å²) in [7, 11) is 0. The van der Waals surface area contributed by atoms with Crippen molar-refractivity contribution in [1.82, 2.24) is 5.32 Å². The molecule has 0 bridgehead atoms. The molecule has 2 aromatic carbocycles. The van der Waals surface area contributed by atoms with Crippen LogP contribution in [-0.2, 0) is 6.54 Å². The first-order valence-corrected chi connectivity index (χ1v) is 9.26. The van der Waals surface area contributed by atoms with Crippen molar-refractivity contribution in [2.24, 2.45) is 0 Å². The topological polar surface area (TPSA) is 12.0 Å². The lowest BCUT2D eigenvalue weighted by Gasteiger charge is -2.26. The van der Waals surface area contributed by atoms with Gasteiger partial charge in [-0.05, 0) is 69.6 Å². The van der Waals surface area contributed by atoms with Crippen LogP contribution in [0, 0.1) is 0 Å². The predicted molar refractivity (Wildman–Crippen MR) is 95.5 cm³/mol. The lowest BCUT2D eigenvalue weighted by molar-refractivity contribution is 0.510. The first-order valence-electron chi connectivity index (χ1n) is 6.73. The number of benzene rings is 2. The summed E-state index contributed by atoms with van der Waals surface area (Å²) in [6.45, 7) is 0.817. The van der Waals surface area contributed by atoms with E-state index in [1.807, 2.05) is 23.9 Å². The van der Waals surface area contributed by atoms with Crippen LogP contribution < -0.4 is 5.32 Å². The molecule has 0 saturated heterocycles. The average Bonchev–Trinajstić information content (AvgIpc) is 2.48. The Morgan fingerprint density at radius 1 is 1.19 bits per heavy atom. The summed E-state index contributed by atoms with van der Waals surface area (Å²) in [5.41, 5.74) is 2.53. The summed E-state index contributed by atoms with van der Waals surface area (Å²) < 4.78 is 0.936. The Morgan fingerprint density at radius 2 is 2.05 bits per heavy atom. The highest BCUT2D eigenvalue weighted by Crippen LogP contribution is 2.37. The van der Waals surface area contributed by atoms with Gasteiger partial charge in [-0.25, -0.2) is 0 Å². The average molecular weight is 403 g/mol. The van der Waals surface area contributed by atoms with E-state index in [0.29, 0.717) is 6.04 Å². The molecule has 1 N–H and O–H groups in total. The summed E-state index contributed by atoms with van der Waals surface area (Å²) in [5.74, 6) is 1.14. The van der Waals surface area contributed by atoms with Crippen molar-refractivity contribution in [3.05, 3.63) is 62.0 Å². The van der Waals surface area contributed by atoms with Crippen LogP contribution in [0.1, 0.15) is 23.6 Å². The van der Waals surface area contributed by atoms with Gasteiger partial charge in [0.2, 0.25) is 0 Å². The molecule has 2 aromatic rings. The van der Waals surface area contributed by atoms with Gasteiger partial charge in [-0.15, -0.1) is 11.8 Å². The van der Waals surface area contributed by atoms with Crippen molar-refractivity contribution in [3.8, 4) is 0 Å². The summed E-state index contributed by atoms with van der Waals surface area (Å²) >= 11 is 17.5. The van der Waals surface area contributed by atoms with Gasteiger partial charge >= 0.3 is 0 Å². The summed E-state index contributed by atoms with van der Waals surface area (Å²) in [4.78, 5) is 1.33. The zero-order chi connectivity index (χ0) is 14.8. The first kappa shape index (κ1) is 15.7. The second kappa shape index (κ2) is 6.93. The molecule has 0 aliphatic carbocycles. The second-order valence-corrected chi connectivity index (χ2v) is 7.84. The van der Waals surface area contributed by atoms with Crippen LogP contribution in [0.25, 0.3) is 0 Å². The van der Waals surface area contributed by atoms with Crippen LogP contribution in [0.4, 0.5) is 0 Å². The maximum Gasteiger partial charge on any atom is 0.0548 e. The lowest BCUT2D eigenvalue weighted by atomic mass is 10.0. The quantitative estimate of drug-likeness (QED) is 0.667. The van der Waals surface area contributed by atoms with E-state index in [9.17, 15) is 0 Å². The molecule has 1 nitrogen and oxygen atoms in total. The molecule has 3 rings (SSSR count). The molecule has 0 radical (unpaired) electrons. The minimum Gasteiger partial charge on any atom is -0.306 e. The fourth-order valence-corrected chi connectivity index (χ4v) is 4.30. The van der Waals surface area contributed by atoms with Crippen LogP contribution in [-0.4, -0.2) is 5.75 Å². The Bertz CT molecular complexity index is 663. The van der Waals surface area contributed by atoms with E-state index in [2.05, 4.69) is 45.5 Å². The normalized spacial score (nSPS) is 17.6. The molecule has 0 spiro atoms. The van der Waals surface area contributed by atoms with Gasteiger partial charge in [0.1, 0.15) is 0 Å². The molecular weight excluding hydrogens is 389 g/mol. The number of hydrogen-bond donors (Lipinski definition) is 1. The highest BCUT2D eigenvalue weighted by Gasteiger charge is 2.20. The largest absolute Gasteiger partial charge is 0.306 e. The van der Waals surface area contributed by atoms with Crippen LogP contribution in [0.3, 0.4) is 0 Å². The molecule has 1 aliphatic heterocycles. The third-order valence-electron chi connectivity index (χ3n) is 3.55. The Balaban J connectivity index is 1.74. The van der Waals surface area contributed by atoms with Gasteiger partial charge in [-0.3, -0.25) is 0 Å². The van der Waals surface area contributed by atoms with Crippen LogP contribution in [0.5, 0.6) is 0 Å². The summed E-state index contributed by atoms with van der Waals surface area (Å²) in [5, 5.41) is 5.18. The van der Waals surface area contributed by atoms with Crippen molar-refractivity contribution < 1.29 is 0 Å². The number of hydrogen-bond acceptors (Lipinski definition) is 2. The molecule has 1 atom stereocenters. The van der Waals surface area contributed by atoms with Crippen molar-refractivity contribution >= 4 is 50.9 Å². The number of nitrogens with one attached hydrogen (secondary N) is 1. The predicted octanol–water partition coefficient (Wildman–Crippen LogP) is 6.08. The zero-order valence-corrected chi connectivity index (χ0v) is 15.1. The van der Waals surface area contributed by atoms with Crippen LogP contribution in [0.2, 0.25) is 10.0 Å². The maximum atomic E-state index is 6.14. The molecule has 0 aromatic heterocycles. The van der Waals surface area contributed by atoms with Crippen LogP contribution >= 0.6 is 50.9 Å². The van der Waals surface area contributed by atoms with Gasteiger partial charge in [-0.1, -0.05) is 29.3 Å². The van der Waals surface area contributed by atoms with E-state index in [0.717, 1.165) is 33.2 Å². The Labute approximate surface area is 147 Å². The van der Waals surface area contributed by atoms with Crippen molar-refractivity contribution in [2.45, 2.75) is 23.9 Å². The number of rotatable bonds is 3. The van der Waals surface area contributed by atoms with E-state index in [4.69, 9.17) is 23.2 Å². The number of thioether (sulfide) groups is 1. The first-order chi connectivity index (χ1) is 10.1. The monoisotopic (exact) mass is 401 g/mol. The summed E-state index contributed by atoms with van der Waals surface area (Å²) in [6, 6.07) is 12.6. The van der Waals surface area contributed by atoms with Gasteiger partial charge in [0, 0.05) is 27.0 Å². The van der Waals surface area contributed by atoms with E-state index in [1.165, 1.54) is 16.0 Å². The zero-order valence-electron chi connectivity index (χ0n) is 11.2. The number of halogens is 3. The van der Waals surface area contributed by atoms with Crippen LogP contribution in [0.15, 0.2) is 45.8 Å². The molecule has 1 heterocycles. The highest BCUT2D eigenvalue weighted by atomic mass is 79.9. The molecule has 5 heteroatoms. The highest BCUT2D eigenvalue weighted by molar-refractivity contribution is 9.10. The fraction of sp³-hybridized carbons (Fsp3) is 0.250. The van der Waals surface area contributed by atoms with E-state index in [-0.39, 0.29) is 0 Å². The van der Waals surface area contributed by atoms with E-state index >= 15 is 0 Å². The molecule has 1 unspecified atom stereocenters. The van der Waals surface area contributed by atoms with Gasteiger partial charge in [0.15, 0.2) is 0 Å². The molecule has 0 amide bonds. The molecule has 0 fully saturated rings. The molecule has 1 aliphatic rings. The summed E-state index contributed by atoms with van der Waals surface area (Å²) in [6.07, 6.45) is 1.12. The van der Waals surface area contributed by atoms with Gasteiger partial charge in [0.25, 0.3) is 0 Å². The smallest absolute Gasteiger partial charge is 0.0548 e. The minimum atomic E-state index is 0.356. The maximum absolute atomic E-state index is 6.14. The van der Waals surface area contributed by atoms with E-state index < -0.39 is 0 Å². The standard InChI is InChI=1S/C16H14BrCl2NS/c17-13-7-10(1-3-14(13)19)9-20-15-5-6-21-16-4-2-11(18)8-12(15)16/h1-4,7-8,15,20H,5-6,9H2. The van der Waals surface area contributed by atoms with Gasteiger partial charge < -0.3 is 5.32 Å². The van der Waals surface area contributed by atoms with Gasteiger partial charge in [-0.2, -0.15) is 0 Å². The minimum absolute atomic E-state index is 0.356. The molecule has 21 heavy (non-hydrogen) atoms. The number of fused-ring (bicyclic) bond motifs is 1. The Morgan fingerprint density at radius 3 is 2.86 bits per heavy atom. The van der Waals surface area contributed by atoms with E-state index in [1.54, 1.807) is 0 Å². The lowest BCUT2D eigenvalue weighted by Crippen LogP contribution is -2.24.